The summed E-state index contributed by atoms with van der Waals surface area (Å²) in [5.41, 5.74) is 0.802. The van der Waals surface area contributed by atoms with E-state index in [0.29, 0.717) is 35.9 Å². The number of nitrogens with one attached hydrogen (secondary N) is 2. The Balaban J connectivity index is 1.73. The van der Waals surface area contributed by atoms with Crippen molar-refractivity contribution in [2.75, 3.05) is 19.7 Å². The van der Waals surface area contributed by atoms with Gasteiger partial charge in [0.15, 0.2) is 0 Å². The van der Waals surface area contributed by atoms with Crippen LogP contribution < -0.4 is 15.4 Å². The number of carbonyl (C=O) groups excluding carboxylic acids is 2. The normalized spacial score (nSPS) is 13.2. The second kappa shape index (κ2) is 8.25. The van der Waals surface area contributed by atoms with Gasteiger partial charge in [-0.25, -0.2) is 4.79 Å². The van der Waals surface area contributed by atoms with Crippen molar-refractivity contribution in [3.8, 4) is 5.75 Å². The third-order valence-electron chi connectivity index (χ3n) is 3.28. The summed E-state index contributed by atoms with van der Waals surface area (Å²) in [4.78, 5) is 23.7. The number of hydrogen-bond donors (Lipinski definition) is 2. The van der Waals surface area contributed by atoms with E-state index in [0.717, 1.165) is 5.56 Å². The zero-order chi connectivity index (χ0) is 18.4. The number of amides is 2. The SMILES string of the molecule is CC(C)(C)OC(=O)NCCCNC(=O)C1=Cc2cc(Cl)ccc2OC1. The molecule has 136 valence electrons. The van der Waals surface area contributed by atoms with Crippen LogP contribution in [0.25, 0.3) is 6.08 Å². The Morgan fingerprint density at radius 1 is 1.24 bits per heavy atom. The monoisotopic (exact) mass is 366 g/mol. The lowest BCUT2D eigenvalue weighted by atomic mass is 10.1. The molecular weight excluding hydrogens is 344 g/mol. The average Bonchev–Trinajstić information content (AvgIpc) is 2.51. The minimum atomic E-state index is -0.523. The minimum absolute atomic E-state index is 0.192. The molecular formula is C18H23ClN2O4. The fraction of sp³-hybridized carbons (Fsp3) is 0.444. The number of hydrogen-bond acceptors (Lipinski definition) is 4. The molecule has 0 aliphatic carbocycles. The molecule has 1 aromatic carbocycles. The van der Waals surface area contributed by atoms with E-state index in [1.807, 2.05) is 0 Å². The highest BCUT2D eigenvalue weighted by atomic mass is 35.5. The number of fused-ring (bicyclic) bond motifs is 1. The molecule has 0 atom stereocenters. The predicted octanol–water partition coefficient (Wildman–Crippen LogP) is 3.15. The van der Waals surface area contributed by atoms with Gasteiger partial charge in [-0.2, -0.15) is 0 Å². The first kappa shape index (κ1) is 19.1. The average molecular weight is 367 g/mol. The van der Waals surface area contributed by atoms with Crippen LogP contribution in [0.5, 0.6) is 5.75 Å². The predicted molar refractivity (Wildman–Crippen MR) is 96.8 cm³/mol. The molecule has 1 aliphatic rings. The van der Waals surface area contributed by atoms with Gasteiger partial charge in [-0.3, -0.25) is 4.79 Å². The van der Waals surface area contributed by atoms with E-state index in [1.165, 1.54) is 0 Å². The highest BCUT2D eigenvalue weighted by Gasteiger charge is 2.17. The summed E-state index contributed by atoms with van der Waals surface area (Å²) in [7, 11) is 0. The molecule has 2 N–H and O–H groups in total. The number of benzene rings is 1. The first-order valence-corrected chi connectivity index (χ1v) is 8.50. The minimum Gasteiger partial charge on any atom is -0.488 e. The van der Waals surface area contributed by atoms with E-state index in [-0.39, 0.29) is 12.5 Å². The van der Waals surface area contributed by atoms with Crippen LogP contribution in [0.3, 0.4) is 0 Å². The van der Waals surface area contributed by atoms with Crippen molar-refractivity contribution in [1.82, 2.24) is 10.6 Å². The molecule has 0 spiro atoms. The Kier molecular flexibility index (Phi) is 6.31. The van der Waals surface area contributed by atoms with Gasteiger partial charge in [-0.05, 0) is 51.5 Å². The highest BCUT2D eigenvalue weighted by Crippen LogP contribution is 2.28. The van der Waals surface area contributed by atoms with Crippen molar-refractivity contribution in [1.29, 1.82) is 0 Å². The Hall–Kier alpha value is -2.21. The van der Waals surface area contributed by atoms with Crippen LogP contribution in [0.1, 0.15) is 32.8 Å². The quantitative estimate of drug-likeness (QED) is 0.785. The maximum atomic E-state index is 12.2. The van der Waals surface area contributed by atoms with Gasteiger partial charge in [-0.15, -0.1) is 0 Å². The molecule has 1 aliphatic heterocycles. The number of rotatable bonds is 5. The van der Waals surface area contributed by atoms with Gasteiger partial charge in [0.2, 0.25) is 0 Å². The molecule has 0 fully saturated rings. The Morgan fingerprint density at radius 2 is 1.96 bits per heavy atom. The van der Waals surface area contributed by atoms with E-state index < -0.39 is 11.7 Å². The van der Waals surface area contributed by atoms with Gasteiger partial charge in [0.1, 0.15) is 18.0 Å². The molecule has 2 amide bonds. The number of alkyl carbamates (subject to hydrolysis) is 1. The van der Waals surface area contributed by atoms with Crippen molar-refractivity contribution in [2.24, 2.45) is 0 Å². The first-order chi connectivity index (χ1) is 11.7. The topological polar surface area (TPSA) is 76.7 Å². The van der Waals surface area contributed by atoms with Crippen LogP contribution in [0.4, 0.5) is 4.79 Å². The maximum absolute atomic E-state index is 12.2. The molecule has 6 nitrogen and oxygen atoms in total. The first-order valence-electron chi connectivity index (χ1n) is 8.12. The van der Waals surface area contributed by atoms with Crippen LogP contribution in [0.2, 0.25) is 5.02 Å². The van der Waals surface area contributed by atoms with Gasteiger partial charge < -0.3 is 20.1 Å². The van der Waals surface area contributed by atoms with E-state index in [9.17, 15) is 9.59 Å². The Morgan fingerprint density at radius 3 is 2.68 bits per heavy atom. The summed E-state index contributed by atoms with van der Waals surface area (Å²) in [6.45, 7) is 6.49. The molecule has 7 heteroatoms. The lowest BCUT2D eigenvalue weighted by molar-refractivity contribution is -0.117. The third kappa shape index (κ3) is 6.31. The molecule has 0 unspecified atom stereocenters. The second-order valence-electron chi connectivity index (χ2n) is 6.68. The van der Waals surface area contributed by atoms with Crippen LogP contribution in [-0.4, -0.2) is 37.3 Å². The van der Waals surface area contributed by atoms with E-state index >= 15 is 0 Å². The summed E-state index contributed by atoms with van der Waals surface area (Å²) >= 11 is 5.96. The molecule has 0 saturated carbocycles. The molecule has 0 bridgehead atoms. The standard InChI is InChI=1S/C18H23ClN2O4/c1-18(2,3)25-17(23)21-8-4-7-20-16(22)13-9-12-10-14(19)5-6-15(12)24-11-13/h5-6,9-10H,4,7-8,11H2,1-3H3,(H,20,22)(H,21,23). The lowest BCUT2D eigenvalue weighted by Crippen LogP contribution is -2.35. The van der Waals surface area contributed by atoms with Crippen molar-refractivity contribution in [3.05, 3.63) is 34.4 Å². The number of carbonyl (C=O) groups is 2. The van der Waals surface area contributed by atoms with Crippen molar-refractivity contribution in [3.63, 3.8) is 0 Å². The molecule has 0 saturated heterocycles. The number of ether oxygens (including phenoxy) is 2. The van der Waals surface area contributed by atoms with E-state index in [2.05, 4.69) is 10.6 Å². The van der Waals surface area contributed by atoms with Crippen molar-refractivity contribution >= 4 is 29.7 Å². The number of halogens is 1. The van der Waals surface area contributed by atoms with Crippen LogP contribution in [0, 0.1) is 0 Å². The lowest BCUT2D eigenvalue weighted by Gasteiger charge is -2.19. The summed E-state index contributed by atoms with van der Waals surface area (Å²) in [6, 6.07) is 5.29. The second-order valence-corrected chi connectivity index (χ2v) is 7.11. The fourth-order valence-electron chi connectivity index (χ4n) is 2.19. The van der Waals surface area contributed by atoms with Gasteiger partial charge >= 0.3 is 6.09 Å². The highest BCUT2D eigenvalue weighted by molar-refractivity contribution is 6.30. The van der Waals surface area contributed by atoms with Gasteiger partial charge in [-0.1, -0.05) is 11.6 Å². The summed E-state index contributed by atoms with van der Waals surface area (Å²) in [5.74, 6) is 0.519. The smallest absolute Gasteiger partial charge is 0.407 e. The summed E-state index contributed by atoms with van der Waals surface area (Å²) in [5, 5.41) is 6.04. The fourth-order valence-corrected chi connectivity index (χ4v) is 2.37. The molecule has 2 rings (SSSR count). The molecule has 0 radical (unpaired) electrons. The van der Waals surface area contributed by atoms with E-state index in [1.54, 1.807) is 45.0 Å². The van der Waals surface area contributed by atoms with Crippen LogP contribution in [0.15, 0.2) is 23.8 Å². The Bertz CT molecular complexity index is 680. The van der Waals surface area contributed by atoms with Crippen LogP contribution in [-0.2, 0) is 9.53 Å². The van der Waals surface area contributed by atoms with Crippen molar-refractivity contribution in [2.45, 2.75) is 32.8 Å². The summed E-state index contributed by atoms with van der Waals surface area (Å²) in [6.07, 6.45) is 1.91. The largest absolute Gasteiger partial charge is 0.488 e. The van der Waals surface area contributed by atoms with Crippen molar-refractivity contribution < 1.29 is 19.1 Å². The van der Waals surface area contributed by atoms with Gasteiger partial charge in [0.05, 0.1) is 5.57 Å². The summed E-state index contributed by atoms with van der Waals surface area (Å²) < 4.78 is 10.7. The van der Waals surface area contributed by atoms with E-state index in [4.69, 9.17) is 21.1 Å². The molecule has 1 aromatic rings. The molecule has 0 aromatic heterocycles. The van der Waals surface area contributed by atoms with Crippen LogP contribution >= 0.6 is 11.6 Å². The maximum Gasteiger partial charge on any atom is 0.407 e. The van der Waals surface area contributed by atoms with Gasteiger partial charge in [0, 0.05) is 23.7 Å². The third-order valence-corrected chi connectivity index (χ3v) is 3.52. The zero-order valence-electron chi connectivity index (χ0n) is 14.6. The molecule has 25 heavy (non-hydrogen) atoms. The van der Waals surface area contributed by atoms with Gasteiger partial charge in [0.25, 0.3) is 5.91 Å². The molecule has 1 heterocycles. The Labute approximate surface area is 152 Å². The zero-order valence-corrected chi connectivity index (χ0v) is 15.4.